The Kier molecular flexibility index (Phi) is 5.00. The van der Waals surface area contributed by atoms with E-state index >= 15 is 0 Å². The normalized spacial score (nSPS) is 12.4. The molecule has 0 spiro atoms. The third-order valence-electron chi connectivity index (χ3n) is 3.30. The van der Waals surface area contributed by atoms with Crippen molar-refractivity contribution >= 4 is 27.5 Å². The second kappa shape index (κ2) is 6.53. The van der Waals surface area contributed by atoms with Crippen molar-refractivity contribution in [1.29, 1.82) is 0 Å². The Labute approximate surface area is 126 Å². The zero-order chi connectivity index (χ0) is 13.8. The molecule has 0 saturated heterocycles. The molecular formula is C16H15BrClF. The highest BCUT2D eigenvalue weighted by atomic mass is 79.9. The van der Waals surface area contributed by atoms with Gasteiger partial charge >= 0.3 is 0 Å². The van der Waals surface area contributed by atoms with Crippen LogP contribution in [0.3, 0.4) is 0 Å². The highest BCUT2D eigenvalue weighted by Gasteiger charge is 2.15. The molecule has 0 aliphatic carbocycles. The van der Waals surface area contributed by atoms with E-state index in [1.807, 2.05) is 12.1 Å². The third-order valence-corrected chi connectivity index (χ3v) is 4.31. The minimum absolute atomic E-state index is 0.230. The molecule has 0 aromatic heterocycles. The lowest BCUT2D eigenvalue weighted by molar-refractivity contribution is 0.599. The first-order valence-corrected chi connectivity index (χ1v) is 7.67. The monoisotopic (exact) mass is 340 g/mol. The van der Waals surface area contributed by atoms with Crippen LogP contribution in [-0.2, 0) is 6.42 Å². The maximum absolute atomic E-state index is 13.9. The Morgan fingerprint density at radius 2 is 1.95 bits per heavy atom. The van der Waals surface area contributed by atoms with E-state index < -0.39 is 0 Å². The zero-order valence-corrected chi connectivity index (χ0v) is 13.0. The van der Waals surface area contributed by atoms with Crippen LogP contribution in [0.4, 0.5) is 4.39 Å². The Balaban J connectivity index is 2.27. The van der Waals surface area contributed by atoms with E-state index in [4.69, 9.17) is 11.6 Å². The van der Waals surface area contributed by atoms with Crippen LogP contribution in [0.15, 0.2) is 42.5 Å². The first kappa shape index (κ1) is 14.5. The molecule has 100 valence electrons. The number of benzene rings is 2. The summed E-state index contributed by atoms with van der Waals surface area (Å²) in [6, 6.07) is 13.1. The van der Waals surface area contributed by atoms with Crippen LogP contribution < -0.4 is 0 Å². The fraction of sp³-hybridized carbons (Fsp3) is 0.250. The number of hydrogen-bond donors (Lipinski definition) is 0. The van der Waals surface area contributed by atoms with Crippen molar-refractivity contribution < 1.29 is 4.39 Å². The predicted octanol–water partition coefficient (Wildman–Crippen LogP) is 5.51. The van der Waals surface area contributed by atoms with Gasteiger partial charge in [0, 0.05) is 10.4 Å². The third kappa shape index (κ3) is 3.58. The van der Waals surface area contributed by atoms with Gasteiger partial charge in [-0.25, -0.2) is 4.39 Å². The topological polar surface area (TPSA) is 0 Å². The second-order valence-corrected chi connectivity index (χ2v) is 5.73. The first-order valence-electron chi connectivity index (χ1n) is 6.17. The maximum Gasteiger partial charge on any atom is 0.127 e. The van der Waals surface area contributed by atoms with E-state index in [0.717, 1.165) is 5.33 Å². The Hall–Kier alpha value is -0.860. The van der Waals surface area contributed by atoms with Crippen molar-refractivity contribution in [1.82, 2.24) is 0 Å². The molecule has 0 heterocycles. The van der Waals surface area contributed by atoms with E-state index in [2.05, 4.69) is 35.0 Å². The molecule has 19 heavy (non-hydrogen) atoms. The molecule has 0 fully saturated rings. The van der Waals surface area contributed by atoms with Gasteiger partial charge in [-0.3, -0.25) is 0 Å². The summed E-state index contributed by atoms with van der Waals surface area (Å²) in [5.41, 5.74) is 3.20. The molecule has 2 rings (SSSR count). The Morgan fingerprint density at radius 1 is 1.21 bits per heavy atom. The van der Waals surface area contributed by atoms with Crippen LogP contribution in [0.5, 0.6) is 0 Å². The van der Waals surface area contributed by atoms with Crippen LogP contribution in [0.2, 0.25) is 5.02 Å². The molecule has 0 nitrogen and oxygen atoms in total. The number of hydrogen-bond acceptors (Lipinski definition) is 0. The van der Waals surface area contributed by atoms with Gasteiger partial charge in [-0.05, 0) is 48.1 Å². The van der Waals surface area contributed by atoms with Crippen molar-refractivity contribution in [3.8, 4) is 0 Å². The standard InChI is InChI=1S/C16H15BrClF/c1-11-4-2-3-5-15(11)13(10-17)8-12-6-7-14(18)9-16(12)19/h2-7,9,13H,8,10H2,1H3. The number of halogens is 3. The fourth-order valence-corrected chi connectivity index (χ4v) is 2.98. The second-order valence-electron chi connectivity index (χ2n) is 4.65. The average Bonchev–Trinajstić information content (AvgIpc) is 2.39. The van der Waals surface area contributed by atoms with Crippen molar-refractivity contribution in [2.24, 2.45) is 0 Å². The van der Waals surface area contributed by atoms with Crippen LogP contribution in [0.1, 0.15) is 22.6 Å². The molecule has 0 N–H and O–H groups in total. The van der Waals surface area contributed by atoms with E-state index in [0.29, 0.717) is 17.0 Å². The molecule has 3 heteroatoms. The summed E-state index contributed by atoms with van der Waals surface area (Å²) in [5.74, 6) is 0.0314. The average molecular weight is 342 g/mol. The van der Waals surface area contributed by atoms with Gasteiger partial charge in [0.15, 0.2) is 0 Å². The highest BCUT2D eigenvalue weighted by molar-refractivity contribution is 9.09. The van der Waals surface area contributed by atoms with E-state index in [-0.39, 0.29) is 11.7 Å². The van der Waals surface area contributed by atoms with Gasteiger partial charge in [0.2, 0.25) is 0 Å². The van der Waals surface area contributed by atoms with Gasteiger partial charge in [0.05, 0.1) is 0 Å². The predicted molar refractivity (Wildman–Crippen MR) is 82.8 cm³/mol. The molecule has 2 aromatic rings. The summed E-state index contributed by atoms with van der Waals surface area (Å²) in [6.07, 6.45) is 0.666. The lowest BCUT2D eigenvalue weighted by Crippen LogP contribution is -2.07. The van der Waals surface area contributed by atoms with E-state index in [1.54, 1.807) is 12.1 Å². The molecule has 1 unspecified atom stereocenters. The van der Waals surface area contributed by atoms with Gasteiger partial charge in [-0.1, -0.05) is 57.9 Å². The maximum atomic E-state index is 13.9. The summed E-state index contributed by atoms with van der Waals surface area (Å²) >= 11 is 9.32. The molecule has 0 aliphatic heterocycles. The molecule has 1 atom stereocenters. The summed E-state index contributed by atoms with van der Waals surface area (Å²) in [7, 11) is 0. The minimum Gasteiger partial charge on any atom is -0.207 e. The van der Waals surface area contributed by atoms with Crippen molar-refractivity contribution in [2.45, 2.75) is 19.3 Å². The number of rotatable bonds is 4. The van der Waals surface area contributed by atoms with Crippen LogP contribution >= 0.6 is 27.5 Å². The quantitative estimate of drug-likeness (QED) is 0.643. The molecule has 0 amide bonds. The van der Waals surface area contributed by atoms with Crippen molar-refractivity contribution in [3.63, 3.8) is 0 Å². The van der Waals surface area contributed by atoms with Crippen LogP contribution in [-0.4, -0.2) is 5.33 Å². The molecular weight excluding hydrogens is 327 g/mol. The largest absolute Gasteiger partial charge is 0.207 e. The number of alkyl halides is 1. The molecule has 0 aliphatic rings. The van der Waals surface area contributed by atoms with Gasteiger partial charge in [0.25, 0.3) is 0 Å². The number of aryl methyl sites for hydroxylation is 1. The summed E-state index contributed by atoms with van der Waals surface area (Å²) < 4.78 is 13.9. The molecule has 2 aromatic carbocycles. The van der Waals surface area contributed by atoms with Crippen molar-refractivity contribution in [3.05, 3.63) is 70.0 Å². The lowest BCUT2D eigenvalue weighted by Gasteiger charge is -2.17. The van der Waals surface area contributed by atoms with E-state index in [1.165, 1.54) is 17.2 Å². The highest BCUT2D eigenvalue weighted by Crippen LogP contribution is 2.27. The van der Waals surface area contributed by atoms with Gasteiger partial charge in [-0.15, -0.1) is 0 Å². The van der Waals surface area contributed by atoms with Crippen LogP contribution in [0, 0.1) is 12.7 Å². The Bertz CT molecular complexity index is 568. The van der Waals surface area contributed by atoms with Crippen LogP contribution in [0.25, 0.3) is 0 Å². The first-order chi connectivity index (χ1) is 9.11. The Morgan fingerprint density at radius 3 is 2.58 bits per heavy atom. The van der Waals surface area contributed by atoms with Gasteiger partial charge < -0.3 is 0 Å². The van der Waals surface area contributed by atoms with Gasteiger partial charge in [-0.2, -0.15) is 0 Å². The van der Waals surface area contributed by atoms with Gasteiger partial charge in [0.1, 0.15) is 5.82 Å². The summed E-state index contributed by atoms with van der Waals surface area (Å²) in [4.78, 5) is 0. The summed E-state index contributed by atoms with van der Waals surface area (Å²) in [6.45, 7) is 2.09. The van der Waals surface area contributed by atoms with E-state index in [9.17, 15) is 4.39 Å². The molecule has 0 bridgehead atoms. The molecule has 0 radical (unpaired) electrons. The fourth-order valence-electron chi connectivity index (χ4n) is 2.25. The lowest BCUT2D eigenvalue weighted by atomic mass is 9.90. The van der Waals surface area contributed by atoms with Crippen molar-refractivity contribution in [2.75, 3.05) is 5.33 Å². The SMILES string of the molecule is Cc1ccccc1C(CBr)Cc1ccc(Cl)cc1F. The molecule has 0 saturated carbocycles. The zero-order valence-electron chi connectivity index (χ0n) is 10.7. The smallest absolute Gasteiger partial charge is 0.127 e. The minimum atomic E-state index is -0.230. The summed E-state index contributed by atoms with van der Waals surface area (Å²) in [5, 5.41) is 1.24.